The van der Waals surface area contributed by atoms with Gasteiger partial charge >= 0.3 is 0 Å². The summed E-state index contributed by atoms with van der Waals surface area (Å²) in [5.74, 6) is 0.926. The van der Waals surface area contributed by atoms with Crippen molar-refractivity contribution in [1.82, 2.24) is 4.72 Å². The molecule has 1 heterocycles. The van der Waals surface area contributed by atoms with E-state index in [1.165, 1.54) is 12.1 Å². The smallest absolute Gasteiger partial charge is 0.243 e. The topological polar surface area (TPSA) is 66.4 Å². The summed E-state index contributed by atoms with van der Waals surface area (Å²) in [6.45, 7) is -0.316. The lowest BCUT2D eigenvalue weighted by Gasteiger charge is -2.22. The fourth-order valence-corrected chi connectivity index (χ4v) is 4.48. The lowest BCUT2D eigenvalue weighted by atomic mass is 10.2. The van der Waals surface area contributed by atoms with Gasteiger partial charge in [-0.05, 0) is 36.3 Å². The highest BCUT2D eigenvalue weighted by Crippen LogP contribution is 2.21. The van der Waals surface area contributed by atoms with E-state index >= 15 is 0 Å². The highest BCUT2D eigenvalue weighted by Gasteiger charge is 2.24. The maximum atomic E-state index is 13.8. The third kappa shape index (κ3) is 3.68. The number of nitrogens with one attached hydrogen (secondary N) is 1. The average molecular weight is 305 g/mol. The summed E-state index contributed by atoms with van der Waals surface area (Å²) in [5, 5.41) is 8.88. The lowest BCUT2D eigenvalue weighted by molar-refractivity contribution is 0.281. The zero-order chi connectivity index (χ0) is 13.9. The molecule has 2 rings (SSSR count). The van der Waals surface area contributed by atoms with Crippen LogP contribution in [0.25, 0.3) is 0 Å². The number of halogens is 1. The Kier molecular flexibility index (Phi) is 4.83. The Morgan fingerprint density at radius 1 is 1.47 bits per heavy atom. The lowest BCUT2D eigenvalue weighted by Crippen LogP contribution is -2.38. The van der Waals surface area contributed by atoms with Gasteiger partial charge in [0.25, 0.3) is 0 Å². The minimum absolute atomic E-state index is 0.138. The average Bonchev–Trinajstić information content (AvgIpc) is 2.38. The Morgan fingerprint density at radius 2 is 2.26 bits per heavy atom. The largest absolute Gasteiger partial charge is 0.392 e. The van der Waals surface area contributed by atoms with Crippen LogP contribution < -0.4 is 4.72 Å². The molecule has 1 unspecified atom stereocenters. The molecule has 1 fully saturated rings. The third-order valence-corrected chi connectivity index (χ3v) is 5.72. The van der Waals surface area contributed by atoms with Crippen molar-refractivity contribution >= 4 is 21.8 Å². The second-order valence-electron chi connectivity index (χ2n) is 4.46. The van der Waals surface area contributed by atoms with Crippen LogP contribution in [0.4, 0.5) is 4.39 Å². The number of sulfonamides is 1. The van der Waals surface area contributed by atoms with E-state index < -0.39 is 15.8 Å². The molecule has 106 valence electrons. The third-order valence-electron chi connectivity index (χ3n) is 2.95. The molecule has 0 bridgehead atoms. The van der Waals surface area contributed by atoms with Crippen LogP contribution in [0.1, 0.15) is 18.4 Å². The SMILES string of the molecule is O=S(=O)(NC1CCCSC1)c1ccc(CO)cc1F. The van der Waals surface area contributed by atoms with Crippen LogP contribution in [0.5, 0.6) is 0 Å². The van der Waals surface area contributed by atoms with Crippen LogP contribution in [0.3, 0.4) is 0 Å². The van der Waals surface area contributed by atoms with Crippen LogP contribution in [0, 0.1) is 5.82 Å². The maximum absolute atomic E-state index is 13.8. The number of aliphatic hydroxyl groups excluding tert-OH is 1. The molecule has 0 amide bonds. The summed E-state index contributed by atoms with van der Waals surface area (Å²) in [7, 11) is -3.84. The van der Waals surface area contributed by atoms with Crippen molar-refractivity contribution in [3.05, 3.63) is 29.6 Å². The second kappa shape index (κ2) is 6.21. The Bertz CT molecular complexity index is 542. The Labute approximate surface area is 116 Å². The van der Waals surface area contributed by atoms with E-state index in [9.17, 15) is 12.8 Å². The first kappa shape index (κ1) is 14.8. The van der Waals surface area contributed by atoms with Crippen LogP contribution in [0.15, 0.2) is 23.1 Å². The molecule has 4 nitrogen and oxygen atoms in total. The maximum Gasteiger partial charge on any atom is 0.243 e. The van der Waals surface area contributed by atoms with Gasteiger partial charge in [0.15, 0.2) is 0 Å². The molecule has 2 N–H and O–H groups in total. The molecule has 1 aromatic rings. The minimum atomic E-state index is -3.84. The van der Waals surface area contributed by atoms with Gasteiger partial charge in [0.05, 0.1) is 6.61 Å². The zero-order valence-electron chi connectivity index (χ0n) is 10.3. The molecule has 1 aliphatic rings. The minimum Gasteiger partial charge on any atom is -0.392 e. The van der Waals surface area contributed by atoms with Gasteiger partial charge in [-0.15, -0.1) is 0 Å². The molecule has 0 radical (unpaired) electrons. The molecule has 1 aromatic carbocycles. The van der Waals surface area contributed by atoms with E-state index in [-0.39, 0.29) is 17.5 Å². The molecule has 0 aromatic heterocycles. The first-order chi connectivity index (χ1) is 9.03. The summed E-state index contributed by atoms with van der Waals surface area (Å²) >= 11 is 1.70. The van der Waals surface area contributed by atoms with E-state index in [1.54, 1.807) is 11.8 Å². The molecule has 7 heteroatoms. The zero-order valence-corrected chi connectivity index (χ0v) is 11.9. The van der Waals surface area contributed by atoms with Gasteiger partial charge in [-0.2, -0.15) is 11.8 Å². The standard InChI is InChI=1S/C12H16FNO3S2/c13-11-6-9(7-15)3-4-12(11)19(16,17)14-10-2-1-5-18-8-10/h3-4,6,10,14-15H,1-2,5,7-8H2. The van der Waals surface area contributed by atoms with E-state index in [2.05, 4.69) is 4.72 Å². The van der Waals surface area contributed by atoms with Crippen molar-refractivity contribution in [2.45, 2.75) is 30.4 Å². The molecule has 1 saturated heterocycles. The van der Waals surface area contributed by atoms with Crippen molar-refractivity contribution in [2.24, 2.45) is 0 Å². The van der Waals surface area contributed by atoms with Gasteiger partial charge < -0.3 is 5.11 Å². The number of rotatable bonds is 4. The predicted molar refractivity (Wildman–Crippen MR) is 73.0 cm³/mol. The number of benzene rings is 1. The van der Waals surface area contributed by atoms with E-state index in [4.69, 9.17) is 5.11 Å². The summed E-state index contributed by atoms with van der Waals surface area (Å²) in [4.78, 5) is -0.361. The normalized spacial score (nSPS) is 20.4. The summed E-state index contributed by atoms with van der Waals surface area (Å²) in [6.07, 6.45) is 1.74. The van der Waals surface area contributed by atoms with Crippen molar-refractivity contribution in [2.75, 3.05) is 11.5 Å². The van der Waals surface area contributed by atoms with Crippen LogP contribution in [0.2, 0.25) is 0 Å². The van der Waals surface area contributed by atoms with Gasteiger partial charge in [0.1, 0.15) is 10.7 Å². The van der Waals surface area contributed by atoms with E-state index in [0.717, 1.165) is 30.4 Å². The number of hydrogen-bond donors (Lipinski definition) is 2. The number of aliphatic hydroxyl groups is 1. The van der Waals surface area contributed by atoms with Gasteiger partial charge in [-0.3, -0.25) is 0 Å². The van der Waals surface area contributed by atoms with Crippen LogP contribution in [-0.2, 0) is 16.6 Å². The van der Waals surface area contributed by atoms with Crippen LogP contribution in [-0.4, -0.2) is 31.1 Å². The summed E-state index contributed by atoms with van der Waals surface area (Å²) < 4.78 is 40.5. The summed E-state index contributed by atoms with van der Waals surface area (Å²) in [5.41, 5.74) is 0.352. The van der Waals surface area contributed by atoms with Crippen molar-refractivity contribution < 1.29 is 17.9 Å². The number of thioether (sulfide) groups is 1. The number of hydrogen-bond acceptors (Lipinski definition) is 4. The van der Waals surface area contributed by atoms with Crippen LogP contribution >= 0.6 is 11.8 Å². The van der Waals surface area contributed by atoms with Gasteiger partial charge in [0.2, 0.25) is 10.0 Å². The van der Waals surface area contributed by atoms with E-state index in [0.29, 0.717) is 5.56 Å². The molecular weight excluding hydrogens is 289 g/mol. The molecular formula is C12H16FNO3S2. The molecule has 0 spiro atoms. The molecule has 1 atom stereocenters. The first-order valence-electron chi connectivity index (χ1n) is 6.02. The van der Waals surface area contributed by atoms with Crippen molar-refractivity contribution in [3.8, 4) is 0 Å². The second-order valence-corrected chi connectivity index (χ2v) is 7.29. The Hall–Kier alpha value is -0.630. The fraction of sp³-hybridized carbons (Fsp3) is 0.500. The van der Waals surface area contributed by atoms with Gasteiger partial charge in [-0.25, -0.2) is 17.5 Å². The molecule has 1 aliphatic heterocycles. The highest BCUT2D eigenvalue weighted by molar-refractivity contribution is 7.99. The molecule has 0 saturated carbocycles. The summed E-state index contributed by atoms with van der Waals surface area (Å²) in [6, 6.07) is 3.51. The monoisotopic (exact) mass is 305 g/mol. The fourth-order valence-electron chi connectivity index (χ4n) is 1.98. The van der Waals surface area contributed by atoms with Gasteiger partial charge in [-0.1, -0.05) is 6.07 Å². The Balaban J connectivity index is 2.18. The van der Waals surface area contributed by atoms with E-state index in [1.807, 2.05) is 0 Å². The Morgan fingerprint density at radius 3 is 2.84 bits per heavy atom. The van der Waals surface area contributed by atoms with Crippen molar-refractivity contribution in [1.29, 1.82) is 0 Å². The molecule has 19 heavy (non-hydrogen) atoms. The van der Waals surface area contributed by atoms with Crippen molar-refractivity contribution in [3.63, 3.8) is 0 Å². The first-order valence-corrected chi connectivity index (χ1v) is 8.66. The quantitative estimate of drug-likeness (QED) is 0.884. The van der Waals surface area contributed by atoms with Gasteiger partial charge in [0, 0.05) is 11.8 Å². The highest BCUT2D eigenvalue weighted by atomic mass is 32.2. The molecule has 0 aliphatic carbocycles. The predicted octanol–water partition coefficient (Wildman–Crippen LogP) is 1.49.